The van der Waals surface area contributed by atoms with Crippen molar-refractivity contribution in [2.24, 2.45) is 5.84 Å². The Hall–Kier alpha value is -1.82. The summed E-state index contributed by atoms with van der Waals surface area (Å²) in [6, 6.07) is 1.76. The van der Waals surface area contributed by atoms with E-state index in [2.05, 4.69) is 15.4 Å². The first-order valence-electron chi connectivity index (χ1n) is 3.29. The lowest BCUT2D eigenvalue weighted by Crippen LogP contribution is -2.06. The first-order valence-corrected chi connectivity index (χ1v) is 3.29. The molecule has 0 aromatic carbocycles. The van der Waals surface area contributed by atoms with Gasteiger partial charge in [-0.05, 0) is 6.07 Å². The summed E-state index contributed by atoms with van der Waals surface area (Å²) in [5.74, 6) is 5.22. The lowest BCUT2D eigenvalue weighted by Gasteiger charge is -1.96. The maximum absolute atomic E-state index is 5.33. The Morgan fingerprint density at radius 1 is 1.50 bits per heavy atom. The summed E-state index contributed by atoms with van der Waals surface area (Å²) < 4.78 is 5.05. The molecule has 0 aliphatic heterocycles. The first-order chi connectivity index (χ1) is 5.81. The molecule has 2 aromatic heterocycles. The molecular formula is C6H7N5O. The third-order valence-electron chi connectivity index (χ3n) is 1.46. The number of aromatic nitrogens is 2. The normalized spacial score (nSPS) is 10.4. The smallest absolute Gasteiger partial charge is 0.294 e. The summed E-state index contributed by atoms with van der Waals surface area (Å²) in [6.07, 6.45) is 1.57. The molecule has 2 aromatic rings. The highest BCUT2D eigenvalue weighted by Gasteiger charge is 2.07. The van der Waals surface area contributed by atoms with Crippen LogP contribution < -0.4 is 17.0 Å². The molecule has 0 fully saturated rings. The van der Waals surface area contributed by atoms with Crippen molar-refractivity contribution in [2.75, 3.05) is 11.2 Å². The van der Waals surface area contributed by atoms with Crippen LogP contribution in [0.1, 0.15) is 0 Å². The molecule has 6 heteroatoms. The summed E-state index contributed by atoms with van der Waals surface area (Å²) >= 11 is 0. The third kappa shape index (κ3) is 0.857. The fourth-order valence-corrected chi connectivity index (χ4v) is 0.963. The van der Waals surface area contributed by atoms with Crippen molar-refractivity contribution in [1.82, 2.24) is 9.97 Å². The maximum Gasteiger partial charge on any atom is 0.294 e. The van der Waals surface area contributed by atoms with Crippen LogP contribution in [0.15, 0.2) is 16.7 Å². The summed E-state index contributed by atoms with van der Waals surface area (Å²) in [7, 11) is 0. The van der Waals surface area contributed by atoms with Gasteiger partial charge in [0.05, 0.1) is 5.69 Å². The number of nitrogens with zero attached hydrogens (tertiary/aromatic N) is 2. The molecular weight excluding hydrogens is 158 g/mol. The summed E-state index contributed by atoms with van der Waals surface area (Å²) in [4.78, 5) is 7.76. The van der Waals surface area contributed by atoms with Gasteiger partial charge in [0.1, 0.15) is 0 Å². The van der Waals surface area contributed by atoms with Crippen molar-refractivity contribution in [2.45, 2.75) is 0 Å². The van der Waals surface area contributed by atoms with Crippen molar-refractivity contribution in [1.29, 1.82) is 0 Å². The van der Waals surface area contributed by atoms with E-state index in [9.17, 15) is 0 Å². The van der Waals surface area contributed by atoms with Gasteiger partial charge >= 0.3 is 0 Å². The molecule has 2 heterocycles. The Morgan fingerprint density at radius 2 is 2.33 bits per heavy atom. The molecule has 2 rings (SSSR count). The Balaban J connectivity index is 2.78. The second-order valence-electron chi connectivity index (χ2n) is 2.21. The molecule has 0 atom stereocenters. The standard InChI is InChI=1S/C6H7N5O/c7-6-10-5-4(12-6)3(11-8)1-2-9-5/h1-2H,8H2,(H3,7,9,10,11). The van der Waals surface area contributed by atoms with Gasteiger partial charge in [0.25, 0.3) is 6.01 Å². The molecule has 0 spiro atoms. The fraction of sp³-hybridized carbons (Fsp3) is 0. The summed E-state index contributed by atoms with van der Waals surface area (Å²) in [5, 5.41) is 0. The van der Waals surface area contributed by atoms with Gasteiger partial charge in [-0.2, -0.15) is 4.98 Å². The van der Waals surface area contributed by atoms with E-state index in [1.165, 1.54) is 0 Å². The Morgan fingerprint density at radius 3 is 3.08 bits per heavy atom. The first kappa shape index (κ1) is 6.86. The van der Waals surface area contributed by atoms with Crippen LogP contribution in [0.2, 0.25) is 0 Å². The third-order valence-corrected chi connectivity index (χ3v) is 1.46. The number of fused-ring (bicyclic) bond motifs is 1. The van der Waals surface area contributed by atoms with Gasteiger partial charge in [0.2, 0.25) is 5.65 Å². The molecule has 0 saturated carbocycles. The second kappa shape index (κ2) is 2.35. The SMILES string of the molecule is NNc1ccnc2nc(N)oc12. The number of nitrogens with two attached hydrogens (primary N) is 2. The molecule has 0 unspecified atom stereocenters. The number of rotatable bonds is 1. The number of pyridine rings is 1. The van der Waals surface area contributed by atoms with Crippen LogP contribution in [0.5, 0.6) is 0 Å². The lowest BCUT2D eigenvalue weighted by molar-refractivity contribution is 0.627. The molecule has 5 N–H and O–H groups in total. The topological polar surface area (TPSA) is 103 Å². The summed E-state index contributed by atoms with van der Waals surface area (Å²) in [6.45, 7) is 0. The zero-order chi connectivity index (χ0) is 8.55. The molecule has 0 bridgehead atoms. The number of nitrogens with one attached hydrogen (secondary N) is 1. The zero-order valence-electron chi connectivity index (χ0n) is 6.11. The molecule has 0 amide bonds. The molecule has 0 saturated heterocycles. The maximum atomic E-state index is 5.33. The van der Waals surface area contributed by atoms with E-state index in [1.54, 1.807) is 12.3 Å². The highest BCUT2D eigenvalue weighted by Crippen LogP contribution is 2.21. The van der Waals surface area contributed by atoms with E-state index < -0.39 is 0 Å². The molecule has 12 heavy (non-hydrogen) atoms. The second-order valence-corrected chi connectivity index (χ2v) is 2.21. The van der Waals surface area contributed by atoms with Crippen molar-refractivity contribution in [3.63, 3.8) is 0 Å². The Bertz CT molecular complexity index is 409. The highest BCUT2D eigenvalue weighted by atomic mass is 16.4. The zero-order valence-corrected chi connectivity index (χ0v) is 6.11. The van der Waals surface area contributed by atoms with E-state index in [4.69, 9.17) is 16.0 Å². The number of hydrogen-bond donors (Lipinski definition) is 3. The van der Waals surface area contributed by atoms with E-state index in [0.717, 1.165) is 0 Å². The predicted octanol–water partition coefficient (Wildman–Crippen LogP) is 0.0906. The Labute approximate surface area is 67.5 Å². The average molecular weight is 165 g/mol. The minimum Gasteiger partial charge on any atom is -0.420 e. The quantitative estimate of drug-likeness (QED) is 0.408. The van der Waals surface area contributed by atoms with Crippen LogP contribution in [0.25, 0.3) is 11.2 Å². The van der Waals surface area contributed by atoms with Gasteiger partial charge in [-0.3, -0.25) is 5.84 Å². The number of oxazole rings is 1. The van der Waals surface area contributed by atoms with E-state index in [-0.39, 0.29) is 6.01 Å². The predicted molar refractivity (Wildman–Crippen MR) is 44.0 cm³/mol. The van der Waals surface area contributed by atoms with Gasteiger partial charge in [-0.25, -0.2) is 4.98 Å². The van der Waals surface area contributed by atoms with E-state index >= 15 is 0 Å². The van der Waals surface area contributed by atoms with E-state index in [0.29, 0.717) is 16.9 Å². The molecule has 0 radical (unpaired) electrons. The van der Waals surface area contributed by atoms with Crippen molar-refractivity contribution < 1.29 is 4.42 Å². The van der Waals surface area contributed by atoms with Crippen molar-refractivity contribution >= 4 is 22.9 Å². The average Bonchev–Trinajstić information content (AvgIpc) is 2.44. The van der Waals surface area contributed by atoms with Gasteiger partial charge in [0.15, 0.2) is 5.58 Å². The van der Waals surface area contributed by atoms with Crippen molar-refractivity contribution in [3.8, 4) is 0 Å². The monoisotopic (exact) mass is 165 g/mol. The molecule has 6 nitrogen and oxygen atoms in total. The molecule has 62 valence electrons. The largest absolute Gasteiger partial charge is 0.420 e. The van der Waals surface area contributed by atoms with Crippen LogP contribution in [-0.4, -0.2) is 9.97 Å². The van der Waals surface area contributed by atoms with Gasteiger partial charge in [0, 0.05) is 6.20 Å². The lowest BCUT2D eigenvalue weighted by atomic mass is 10.4. The van der Waals surface area contributed by atoms with Crippen LogP contribution in [-0.2, 0) is 0 Å². The number of hydrogen-bond acceptors (Lipinski definition) is 6. The van der Waals surface area contributed by atoms with Gasteiger partial charge in [-0.15, -0.1) is 0 Å². The minimum absolute atomic E-state index is 0.0835. The number of hydrazine groups is 1. The highest BCUT2D eigenvalue weighted by molar-refractivity contribution is 5.83. The minimum atomic E-state index is 0.0835. The Kier molecular flexibility index (Phi) is 1.34. The van der Waals surface area contributed by atoms with Crippen LogP contribution >= 0.6 is 0 Å². The number of nitrogen functional groups attached to an aromatic ring is 2. The fourth-order valence-electron chi connectivity index (χ4n) is 0.963. The summed E-state index contributed by atoms with van der Waals surface area (Å²) in [5.41, 5.74) is 9.31. The van der Waals surface area contributed by atoms with Crippen LogP contribution in [0.3, 0.4) is 0 Å². The van der Waals surface area contributed by atoms with Gasteiger partial charge in [-0.1, -0.05) is 0 Å². The number of anilines is 2. The van der Waals surface area contributed by atoms with Crippen molar-refractivity contribution in [3.05, 3.63) is 12.3 Å². The molecule has 0 aliphatic carbocycles. The van der Waals surface area contributed by atoms with Crippen LogP contribution in [0, 0.1) is 0 Å². The van der Waals surface area contributed by atoms with Crippen LogP contribution in [0.4, 0.5) is 11.7 Å². The van der Waals surface area contributed by atoms with Gasteiger partial charge < -0.3 is 15.6 Å². The molecule has 0 aliphatic rings. The van der Waals surface area contributed by atoms with E-state index in [1.807, 2.05) is 0 Å².